The Bertz CT molecular complexity index is 397. The van der Waals surface area contributed by atoms with Crippen LogP contribution in [0.25, 0.3) is 0 Å². The number of halogens is 1. The smallest absolute Gasteiger partial charge is 0.142 e. The Balaban J connectivity index is 2.29. The molecule has 0 amide bonds. The third-order valence-electron chi connectivity index (χ3n) is 3.37. The second kappa shape index (κ2) is 5.27. The van der Waals surface area contributed by atoms with Crippen molar-refractivity contribution in [1.29, 1.82) is 0 Å². The molecule has 0 aromatic heterocycles. The molecule has 17 heavy (non-hydrogen) atoms. The van der Waals surface area contributed by atoms with Gasteiger partial charge in [-0.15, -0.1) is 0 Å². The second-order valence-electron chi connectivity index (χ2n) is 4.64. The van der Waals surface area contributed by atoms with Crippen LogP contribution < -0.4 is 15.4 Å². The largest absolute Gasteiger partial charge is 0.495 e. The van der Waals surface area contributed by atoms with Gasteiger partial charge in [0.25, 0.3) is 0 Å². The molecule has 0 aliphatic carbocycles. The van der Waals surface area contributed by atoms with Gasteiger partial charge in [-0.05, 0) is 38.0 Å². The zero-order chi connectivity index (χ0) is 12.4. The fraction of sp³-hybridized carbons (Fsp3) is 0.538. The molecule has 94 valence electrons. The lowest BCUT2D eigenvalue weighted by Gasteiger charge is -2.38. The van der Waals surface area contributed by atoms with Gasteiger partial charge in [-0.3, -0.25) is 0 Å². The number of benzene rings is 1. The molecule has 2 rings (SSSR count). The van der Waals surface area contributed by atoms with Crippen molar-refractivity contribution >= 4 is 21.6 Å². The lowest BCUT2D eigenvalue weighted by Crippen LogP contribution is -2.45. The van der Waals surface area contributed by atoms with Gasteiger partial charge in [0.2, 0.25) is 0 Å². The van der Waals surface area contributed by atoms with Gasteiger partial charge in [-0.1, -0.05) is 15.9 Å². The van der Waals surface area contributed by atoms with E-state index in [0.29, 0.717) is 12.1 Å². The summed E-state index contributed by atoms with van der Waals surface area (Å²) < 4.78 is 6.51. The number of hydrogen-bond acceptors (Lipinski definition) is 3. The van der Waals surface area contributed by atoms with Crippen LogP contribution in [-0.4, -0.2) is 25.7 Å². The fourth-order valence-electron chi connectivity index (χ4n) is 2.45. The van der Waals surface area contributed by atoms with E-state index >= 15 is 0 Å². The first kappa shape index (κ1) is 12.7. The average Bonchev–Trinajstić information content (AvgIpc) is 2.29. The number of methoxy groups -OCH3 is 1. The molecule has 2 unspecified atom stereocenters. The van der Waals surface area contributed by atoms with Crippen molar-refractivity contribution in [3.63, 3.8) is 0 Å². The van der Waals surface area contributed by atoms with Crippen LogP contribution in [0.1, 0.15) is 19.8 Å². The van der Waals surface area contributed by atoms with Gasteiger partial charge in [0.1, 0.15) is 5.75 Å². The van der Waals surface area contributed by atoms with Crippen LogP contribution in [0.2, 0.25) is 0 Å². The summed E-state index contributed by atoms with van der Waals surface area (Å²) in [6, 6.07) is 6.91. The fourth-order valence-corrected chi connectivity index (χ4v) is 2.80. The van der Waals surface area contributed by atoms with Gasteiger partial charge in [0.05, 0.1) is 12.8 Å². The standard InChI is InChI=1S/C13H19BrN2O/c1-9-7-11(15)5-6-16(9)12-8-10(14)3-4-13(12)17-2/h3-4,8-9,11H,5-7,15H2,1-2H3. The van der Waals surface area contributed by atoms with E-state index in [1.807, 2.05) is 12.1 Å². The van der Waals surface area contributed by atoms with E-state index in [1.54, 1.807) is 7.11 Å². The number of anilines is 1. The molecule has 4 heteroatoms. The lowest BCUT2D eigenvalue weighted by molar-refractivity contribution is 0.398. The molecule has 1 heterocycles. The van der Waals surface area contributed by atoms with Gasteiger partial charge in [-0.25, -0.2) is 0 Å². The van der Waals surface area contributed by atoms with Crippen LogP contribution in [0.4, 0.5) is 5.69 Å². The highest BCUT2D eigenvalue weighted by atomic mass is 79.9. The summed E-state index contributed by atoms with van der Waals surface area (Å²) in [4.78, 5) is 2.38. The summed E-state index contributed by atoms with van der Waals surface area (Å²) in [5, 5.41) is 0. The molecular weight excluding hydrogens is 280 g/mol. The molecular formula is C13H19BrN2O. The molecule has 1 aliphatic rings. The highest BCUT2D eigenvalue weighted by molar-refractivity contribution is 9.10. The number of hydrogen-bond donors (Lipinski definition) is 1. The third kappa shape index (κ3) is 2.75. The summed E-state index contributed by atoms with van der Waals surface area (Å²) in [7, 11) is 1.72. The number of piperidine rings is 1. The number of ether oxygens (including phenoxy) is 1. The number of nitrogens with zero attached hydrogens (tertiary/aromatic N) is 1. The van der Waals surface area contributed by atoms with Crippen molar-refractivity contribution < 1.29 is 4.74 Å². The minimum Gasteiger partial charge on any atom is -0.495 e. The molecule has 1 aliphatic heterocycles. The van der Waals surface area contributed by atoms with Gasteiger partial charge < -0.3 is 15.4 Å². The van der Waals surface area contributed by atoms with Gasteiger partial charge in [0.15, 0.2) is 0 Å². The van der Waals surface area contributed by atoms with Crippen molar-refractivity contribution in [3.8, 4) is 5.75 Å². The Morgan fingerprint density at radius 1 is 1.47 bits per heavy atom. The van der Waals surface area contributed by atoms with E-state index in [4.69, 9.17) is 10.5 Å². The molecule has 0 radical (unpaired) electrons. The monoisotopic (exact) mass is 298 g/mol. The summed E-state index contributed by atoms with van der Waals surface area (Å²) >= 11 is 3.52. The molecule has 0 spiro atoms. The molecule has 2 N–H and O–H groups in total. The zero-order valence-corrected chi connectivity index (χ0v) is 11.9. The Hall–Kier alpha value is -0.740. The van der Waals surface area contributed by atoms with Crippen molar-refractivity contribution in [2.75, 3.05) is 18.6 Å². The molecule has 1 fully saturated rings. The van der Waals surface area contributed by atoms with Crippen LogP contribution in [0.15, 0.2) is 22.7 Å². The van der Waals surface area contributed by atoms with Crippen LogP contribution in [0.5, 0.6) is 5.75 Å². The Morgan fingerprint density at radius 3 is 2.88 bits per heavy atom. The van der Waals surface area contributed by atoms with Gasteiger partial charge >= 0.3 is 0 Å². The number of nitrogens with two attached hydrogens (primary N) is 1. The highest BCUT2D eigenvalue weighted by Gasteiger charge is 2.25. The predicted octanol–water partition coefficient (Wildman–Crippen LogP) is 2.77. The first-order chi connectivity index (χ1) is 8.11. The minimum absolute atomic E-state index is 0.333. The molecule has 1 saturated heterocycles. The third-order valence-corrected chi connectivity index (χ3v) is 3.86. The summed E-state index contributed by atoms with van der Waals surface area (Å²) in [6.07, 6.45) is 2.08. The predicted molar refractivity (Wildman–Crippen MR) is 74.7 cm³/mol. The van der Waals surface area contributed by atoms with Crippen LogP contribution in [0.3, 0.4) is 0 Å². The average molecular weight is 299 g/mol. The van der Waals surface area contributed by atoms with Gasteiger partial charge in [-0.2, -0.15) is 0 Å². The van der Waals surface area contributed by atoms with E-state index in [1.165, 1.54) is 0 Å². The normalized spacial score (nSPS) is 24.8. The van der Waals surface area contributed by atoms with Gasteiger partial charge in [0, 0.05) is 23.1 Å². The second-order valence-corrected chi connectivity index (χ2v) is 5.56. The van der Waals surface area contributed by atoms with E-state index in [2.05, 4.69) is 33.8 Å². The SMILES string of the molecule is COc1ccc(Br)cc1N1CCC(N)CC1C. The maximum atomic E-state index is 6.00. The first-order valence-corrected chi connectivity index (χ1v) is 6.77. The van der Waals surface area contributed by atoms with E-state index in [-0.39, 0.29) is 0 Å². The Kier molecular flexibility index (Phi) is 3.94. The Morgan fingerprint density at radius 2 is 2.24 bits per heavy atom. The number of rotatable bonds is 2. The van der Waals surface area contributed by atoms with Crippen molar-refractivity contribution in [2.24, 2.45) is 5.73 Å². The van der Waals surface area contributed by atoms with E-state index in [0.717, 1.165) is 35.3 Å². The van der Waals surface area contributed by atoms with Crippen LogP contribution in [-0.2, 0) is 0 Å². The summed E-state index contributed by atoms with van der Waals surface area (Å²) in [6.45, 7) is 3.22. The van der Waals surface area contributed by atoms with E-state index < -0.39 is 0 Å². The highest BCUT2D eigenvalue weighted by Crippen LogP contribution is 2.34. The molecule has 3 nitrogen and oxygen atoms in total. The summed E-state index contributed by atoms with van der Waals surface area (Å²) in [5.74, 6) is 0.926. The topological polar surface area (TPSA) is 38.5 Å². The van der Waals surface area contributed by atoms with E-state index in [9.17, 15) is 0 Å². The maximum absolute atomic E-state index is 6.00. The van der Waals surface area contributed by atoms with Crippen molar-refractivity contribution in [1.82, 2.24) is 0 Å². The molecule has 1 aromatic rings. The molecule has 2 atom stereocenters. The lowest BCUT2D eigenvalue weighted by atomic mass is 9.98. The maximum Gasteiger partial charge on any atom is 0.142 e. The van der Waals surface area contributed by atoms with Crippen molar-refractivity contribution in [2.45, 2.75) is 31.8 Å². The van der Waals surface area contributed by atoms with Crippen LogP contribution >= 0.6 is 15.9 Å². The molecule has 0 bridgehead atoms. The minimum atomic E-state index is 0.333. The molecule has 0 saturated carbocycles. The molecule has 1 aromatic carbocycles. The quantitative estimate of drug-likeness (QED) is 0.912. The van der Waals surface area contributed by atoms with Crippen LogP contribution in [0, 0.1) is 0 Å². The first-order valence-electron chi connectivity index (χ1n) is 5.97. The zero-order valence-electron chi connectivity index (χ0n) is 10.3. The Labute approximate surface area is 111 Å². The van der Waals surface area contributed by atoms with Crippen molar-refractivity contribution in [3.05, 3.63) is 22.7 Å². The summed E-state index contributed by atoms with van der Waals surface area (Å²) in [5.41, 5.74) is 7.15.